The van der Waals surface area contributed by atoms with Crippen molar-refractivity contribution in [3.8, 4) is 22.9 Å². The normalized spacial score (nSPS) is 10.5. The van der Waals surface area contributed by atoms with Crippen LogP contribution in [0.3, 0.4) is 0 Å². The number of hydrogen-bond donors (Lipinski definition) is 1. The second kappa shape index (κ2) is 9.50. The molecule has 0 saturated carbocycles. The van der Waals surface area contributed by atoms with E-state index in [-0.39, 0.29) is 24.0 Å². The first-order valence-corrected chi connectivity index (χ1v) is 8.76. The lowest BCUT2D eigenvalue weighted by atomic mass is 10.2. The molecule has 0 unspecified atom stereocenters. The van der Waals surface area contributed by atoms with Crippen LogP contribution in [-0.2, 0) is 11.2 Å². The molecule has 1 heterocycles. The second-order valence-electron chi connectivity index (χ2n) is 5.92. The third-order valence-corrected chi connectivity index (χ3v) is 3.85. The molecule has 146 valence electrons. The molecule has 0 spiro atoms. The number of amides is 1. The fourth-order valence-corrected chi connectivity index (χ4v) is 2.40. The Morgan fingerprint density at radius 1 is 1.11 bits per heavy atom. The van der Waals surface area contributed by atoms with E-state index in [0.29, 0.717) is 31.1 Å². The molecule has 1 aromatic heterocycles. The third kappa shape index (κ3) is 5.54. The monoisotopic (exact) mass is 385 g/mol. The van der Waals surface area contributed by atoms with E-state index in [1.165, 1.54) is 12.1 Å². The Labute approximate surface area is 161 Å². The quantitative estimate of drug-likeness (QED) is 0.570. The average molecular weight is 385 g/mol. The summed E-state index contributed by atoms with van der Waals surface area (Å²) in [6, 6.07) is 13.0. The maximum atomic E-state index is 12.8. The molecular weight excluding hydrogens is 365 g/mol. The highest BCUT2D eigenvalue weighted by Gasteiger charge is 2.12. The standard InChI is InChI=1S/C20H20FN3O4/c1-26-16-7-3-14(4-8-16)20-23-19(28-24-20)13-18(25)22-11-2-12-27-17-9-5-15(21)6-10-17/h3-10H,2,11-13H2,1H3,(H,22,25). The van der Waals surface area contributed by atoms with E-state index < -0.39 is 0 Å². The maximum Gasteiger partial charge on any atom is 0.236 e. The van der Waals surface area contributed by atoms with Crippen LogP contribution in [0.2, 0.25) is 0 Å². The summed E-state index contributed by atoms with van der Waals surface area (Å²) in [6.45, 7) is 0.855. The number of aromatic nitrogens is 2. The van der Waals surface area contributed by atoms with Gasteiger partial charge in [-0.15, -0.1) is 0 Å². The lowest BCUT2D eigenvalue weighted by molar-refractivity contribution is -0.120. The van der Waals surface area contributed by atoms with E-state index in [0.717, 1.165) is 11.3 Å². The summed E-state index contributed by atoms with van der Waals surface area (Å²) in [7, 11) is 1.59. The van der Waals surface area contributed by atoms with Gasteiger partial charge in [-0.3, -0.25) is 4.79 Å². The molecule has 0 aliphatic heterocycles. The minimum absolute atomic E-state index is 0.00196. The number of methoxy groups -OCH3 is 1. The molecule has 0 radical (unpaired) electrons. The van der Waals surface area contributed by atoms with E-state index in [2.05, 4.69) is 15.5 Å². The first kappa shape index (κ1) is 19.3. The van der Waals surface area contributed by atoms with Crippen molar-refractivity contribution in [2.75, 3.05) is 20.3 Å². The Morgan fingerprint density at radius 2 is 1.82 bits per heavy atom. The summed E-state index contributed by atoms with van der Waals surface area (Å²) in [5.74, 6) is 1.45. The average Bonchev–Trinajstić information content (AvgIpc) is 3.17. The number of carbonyl (C=O) groups is 1. The lowest BCUT2D eigenvalue weighted by Crippen LogP contribution is -2.27. The van der Waals surface area contributed by atoms with Crippen LogP contribution in [0.15, 0.2) is 53.1 Å². The summed E-state index contributed by atoms with van der Waals surface area (Å²) in [5, 5.41) is 6.66. The fourth-order valence-electron chi connectivity index (χ4n) is 2.40. The molecular formula is C20H20FN3O4. The minimum Gasteiger partial charge on any atom is -0.497 e. The minimum atomic E-state index is -0.309. The first-order chi connectivity index (χ1) is 13.6. The highest BCUT2D eigenvalue weighted by Crippen LogP contribution is 2.19. The Bertz CT molecular complexity index is 895. The van der Waals surface area contributed by atoms with Crippen LogP contribution in [0.1, 0.15) is 12.3 Å². The molecule has 0 bridgehead atoms. The van der Waals surface area contributed by atoms with Crippen LogP contribution in [0, 0.1) is 5.82 Å². The van der Waals surface area contributed by atoms with E-state index in [1.54, 1.807) is 31.4 Å². The lowest BCUT2D eigenvalue weighted by Gasteiger charge is -2.06. The van der Waals surface area contributed by atoms with Gasteiger partial charge in [0.05, 0.1) is 13.7 Å². The number of nitrogens with one attached hydrogen (secondary N) is 1. The summed E-state index contributed by atoms with van der Waals surface area (Å²) in [4.78, 5) is 16.2. The number of nitrogens with zero attached hydrogens (tertiary/aromatic N) is 2. The molecule has 2 aromatic carbocycles. The van der Waals surface area contributed by atoms with Crippen LogP contribution in [0.25, 0.3) is 11.4 Å². The topological polar surface area (TPSA) is 86.5 Å². The second-order valence-corrected chi connectivity index (χ2v) is 5.92. The van der Waals surface area contributed by atoms with E-state index in [1.807, 2.05) is 12.1 Å². The Morgan fingerprint density at radius 3 is 2.54 bits per heavy atom. The Balaban J connectivity index is 1.38. The zero-order chi connectivity index (χ0) is 19.8. The van der Waals surface area contributed by atoms with Crippen molar-refractivity contribution in [1.82, 2.24) is 15.5 Å². The van der Waals surface area contributed by atoms with E-state index >= 15 is 0 Å². The van der Waals surface area contributed by atoms with Crippen molar-refractivity contribution >= 4 is 5.91 Å². The van der Waals surface area contributed by atoms with Gasteiger partial charge in [-0.25, -0.2) is 4.39 Å². The number of benzene rings is 2. The van der Waals surface area contributed by atoms with E-state index in [9.17, 15) is 9.18 Å². The van der Waals surface area contributed by atoms with Crippen molar-refractivity contribution in [3.63, 3.8) is 0 Å². The van der Waals surface area contributed by atoms with Gasteiger partial charge in [0.15, 0.2) is 0 Å². The molecule has 0 aliphatic rings. The molecule has 1 amide bonds. The zero-order valence-electron chi connectivity index (χ0n) is 15.4. The van der Waals surface area contributed by atoms with Crippen LogP contribution in [0.4, 0.5) is 4.39 Å². The van der Waals surface area contributed by atoms with Gasteiger partial charge in [0.1, 0.15) is 23.7 Å². The van der Waals surface area contributed by atoms with Gasteiger partial charge in [0.2, 0.25) is 17.6 Å². The highest BCUT2D eigenvalue weighted by atomic mass is 19.1. The SMILES string of the molecule is COc1ccc(-c2noc(CC(=O)NCCCOc3ccc(F)cc3)n2)cc1. The predicted molar refractivity (Wildman–Crippen MR) is 99.5 cm³/mol. The Kier molecular flexibility index (Phi) is 6.56. The van der Waals surface area contributed by atoms with Gasteiger partial charge in [0.25, 0.3) is 0 Å². The van der Waals surface area contributed by atoms with Crippen LogP contribution >= 0.6 is 0 Å². The molecule has 3 aromatic rings. The summed E-state index contributed by atoms with van der Waals surface area (Å²) in [5.41, 5.74) is 0.772. The maximum absolute atomic E-state index is 12.8. The van der Waals surface area contributed by atoms with Crippen LogP contribution in [-0.4, -0.2) is 36.3 Å². The fraction of sp³-hybridized carbons (Fsp3) is 0.250. The molecule has 0 fully saturated rings. The molecule has 0 atom stereocenters. The highest BCUT2D eigenvalue weighted by molar-refractivity contribution is 5.77. The van der Waals surface area contributed by atoms with Crippen LogP contribution in [0.5, 0.6) is 11.5 Å². The summed E-state index contributed by atoms with van der Waals surface area (Å²) < 4.78 is 28.5. The van der Waals surface area contributed by atoms with Gasteiger partial charge >= 0.3 is 0 Å². The molecule has 28 heavy (non-hydrogen) atoms. The number of rotatable bonds is 9. The predicted octanol–water partition coefficient (Wildman–Crippen LogP) is 3.01. The molecule has 7 nitrogen and oxygen atoms in total. The van der Waals surface area contributed by atoms with Crippen molar-refractivity contribution in [2.24, 2.45) is 0 Å². The molecule has 0 saturated heterocycles. The first-order valence-electron chi connectivity index (χ1n) is 8.76. The van der Waals surface area contributed by atoms with Crippen molar-refractivity contribution in [2.45, 2.75) is 12.8 Å². The Hall–Kier alpha value is -3.42. The van der Waals surface area contributed by atoms with Gasteiger partial charge < -0.3 is 19.3 Å². The van der Waals surface area contributed by atoms with E-state index in [4.69, 9.17) is 14.0 Å². The van der Waals surface area contributed by atoms with Gasteiger partial charge in [-0.2, -0.15) is 4.98 Å². The molecule has 1 N–H and O–H groups in total. The van der Waals surface area contributed by atoms with Gasteiger partial charge in [-0.05, 0) is 55.0 Å². The van der Waals surface area contributed by atoms with Gasteiger partial charge in [0, 0.05) is 12.1 Å². The van der Waals surface area contributed by atoms with Gasteiger partial charge in [-0.1, -0.05) is 5.16 Å². The number of ether oxygens (including phenoxy) is 2. The summed E-state index contributed by atoms with van der Waals surface area (Å²) in [6.07, 6.45) is 0.617. The number of hydrogen-bond acceptors (Lipinski definition) is 6. The smallest absolute Gasteiger partial charge is 0.236 e. The third-order valence-electron chi connectivity index (χ3n) is 3.85. The van der Waals surface area contributed by atoms with Crippen molar-refractivity contribution in [1.29, 1.82) is 0 Å². The number of carbonyl (C=O) groups excluding carboxylic acids is 1. The molecule has 0 aliphatic carbocycles. The number of halogens is 1. The molecule has 3 rings (SSSR count). The van der Waals surface area contributed by atoms with Crippen molar-refractivity contribution in [3.05, 3.63) is 60.2 Å². The molecule has 8 heteroatoms. The largest absolute Gasteiger partial charge is 0.497 e. The van der Waals surface area contributed by atoms with Crippen LogP contribution < -0.4 is 14.8 Å². The summed E-state index contributed by atoms with van der Waals surface area (Å²) >= 11 is 0. The zero-order valence-corrected chi connectivity index (χ0v) is 15.4. The van der Waals surface area contributed by atoms with Crippen molar-refractivity contribution < 1.29 is 23.2 Å².